The van der Waals surface area contributed by atoms with E-state index in [0.29, 0.717) is 22.8 Å². The van der Waals surface area contributed by atoms with Crippen LogP contribution in [0.1, 0.15) is 17.5 Å². The molecule has 0 aliphatic carbocycles. The van der Waals surface area contributed by atoms with Crippen LogP contribution in [0.5, 0.6) is 5.75 Å². The molecule has 0 saturated carbocycles. The number of furan rings is 1. The largest absolute Gasteiger partial charge is 0.497 e. The fourth-order valence-electron chi connectivity index (χ4n) is 1.88. The van der Waals surface area contributed by atoms with Crippen LogP contribution in [0.3, 0.4) is 0 Å². The molecule has 7 nitrogen and oxygen atoms in total. The second-order valence-electron chi connectivity index (χ2n) is 4.52. The van der Waals surface area contributed by atoms with Crippen LogP contribution < -0.4 is 15.4 Å². The summed E-state index contributed by atoms with van der Waals surface area (Å²) in [6.45, 7) is 1.34. The molecule has 0 aliphatic heterocycles. The van der Waals surface area contributed by atoms with Gasteiger partial charge in [-0.25, -0.2) is 4.79 Å². The summed E-state index contributed by atoms with van der Waals surface area (Å²) in [6.07, 6.45) is 0. The van der Waals surface area contributed by atoms with Crippen LogP contribution in [0.4, 0.5) is 5.69 Å². The zero-order valence-electron chi connectivity index (χ0n) is 12.4. The first-order valence-electron chi connectivity index (χ1n) is 6.51. The third-order valence-corrected chi connectivity index (χ3v) is 3.05. The Kier molecular flexibility index (Phi) is 4.97. The normalized spacial score (nSPS) is 10.0. The van der Waals surface area contributed by atoms with E-state index in [1.54, 1.807) is 18.2 Å². The van der Waals surface area contributed by atoms with E-state index in [1.165, 1.54) is 26.2 Å². The van der Waals surface area contributed by atoms with Gasteiger partial charge in [0.1, 0.15) is 11.5 Å². The Hall–Kier alpha value is -2.87. The van der Waals surface area contributed by atoms with Crippen molar-refractivity contribution in [2.45, 2.75) is 6.92 Å². The maximum absolute atomic E-state index is 11.1. The number of nitrogens with one attached hydrogen (secondary N) is 2. The highest BCUT2D eigenvalue weighted by Crippen LogP contribution is 2.32. The summed E-state index contributed by atoms with van der Waals surface area (Å²) < 4.78 is 10.5. The van der Waals surface area contributed by atoms with Crippen molar-refractivity contribution in [1.82, 2.24) is 5.32 Å². The van der Waals surface area contributed by atoms with Gasteiger partial charge < -0.3 is 24.9 Å². The third-order valence-electron chi connectivity index (χ3n) is 2.85. The molecular formula is C15H14N2O5S. The first-order valence-corrected chi connectivity index (χ1v) is 6.91. The van der Waals surface area contributed by atoms with E-state index < -0.39 is 5.97 Å². The number of anilines is 1. The maximum Gasteiger partial charge on any atom is 0.371 e. The van der Waals surface area contributed by atoms with Gasteiger partial charge in [0.25, 0.3) is 0 Å². The van der Waals surface area contributed by atoms with Crippen LogP contribution in [-0.2, 0) is 4.79 Å². The van der Waals surface area contributed by atoms with Gasteiger partial charge in [0.05, 0.1) is 12.8 Å². The summed E-state index contributed by atoms with van der Waals surface area (Å²) in [5.74, 6) is -0.734. The molecule has 0 fully saturated rings. The van der Waals surface area contributed by atoms with E-state index in [0.717, 1.165) is 0 Å². The molecule has 1 aromatic heterocycles. The number of rotatable bonds is 4. The van der Waals surface area contributed by atoms with Crippen molar-refractivity contribution >= 4 is 34.9 Å². The summed E-state index contributed by atoms with van der Waals surface area (Å²) in [7, 11) is 1.51. The van der Waals surface area contributed by atoms with Crippen LogP contribution in [0.25, 0.3) is 11.3 Å². The maximum atomic E-state index is 11.1. The number of carboxylic acid groups (broad SMARTS) is 1. The second-order valence-corrected chi connectivity index (χ2v) is 4.92. The minimum atomic E-state index is -1.16. The lowest BCUT2D eigenvalue weighted by Gasteiger charge is -2.13. The van der Waals surface area contributed by atoms with Crippen LogP contribution in [-0.4, -0.2) is 29.2 Å². The van der Waals surface area contributed by atoms with Gasteiger partial charge in [0.2, 0.25) is 11.7 Å². The lowest BCUT2D eigenvalue weighted by molar-refractivity contribution is -0.117. The molecule has 1 heterocycles. The molecule has 0 radical (unpaired) electrons. The van der Waals surface area contributed by atoms with Crippen LogP contribution in [0.15, 0.2) is 34.7 Å². The monoisotopic (exact) mass is 334 g/mol. The Morgan fingerprint density at radius 1 is 1.26 bits per heavy atom. The standard InChI is InChI=1S/C15H14N2O5S/c1-8(18)16-15(23)17-11-7-9(21-2)3-4-10(11)12-5-6-13(22-12)14(19)20/h3-7H,1-2H3,(H,19,20)(H2,16,17,18,23). The van der Waals surface area contributed by atoms with Gasteiger partial charge in [-0.1, -0.05) is 0 Å². The Labute approximate surface area is 137 Å². The van der Waals surface area contributed by atoms with E-state index >= 15 is 0 Å². The quantitative estimate of drug-likeness (QED) is 0.738. The molecule has 0 saturated heterocycles. The number of thiocarbonyl (C=S) groups is 1. The van der Waals surface area contributed by atoms with Crippen molar-refractivity contribution in [3.8, 4) is 17.1 Å². The molecular weight excluding hydrogens is 320 g/mol. The Bertz CT molecular complexity index is 769. The van der Waals surface area contributed by atoms with Crippen molar-refractivity contribution in [2.75, 3.05) is 12.4 Å². The van der Waals surface area contributed by atoms with Crippen molar-refractivity contribution in [3.63, 3.8) is 0 Å². The number of amides is 1. The van der Waals surface area contributed by atoms with Gasteiger partial charge >= 0.3 is 5.97 Å². The molecule has 2 rings (SSSR count). The zero-order valence-corrected chi connectivity index (χ0v) is 13.2. The van der Waals surface area contributed by atoms with Crippen LogP contribution in [0.2, 0.25) is 0 Å². The van der Waals surface area contributed by atoms with Gasteiger partial charge in [-0.05, 0) is 36.5 Å². The Morgan fingerprint density at radius 3 is 2.57 bits per heavy atom. The van der Waals surface area contributed by atoms with E-state index in [9.17, 15) is 9.59 Å². The Balaban J connectivity index is 2.39. The summed E-state index contributed by atoms with van der Waals surface area (Å²) in [5.41, 5.74) is 1.08. The smallest absolute Gasteiger partial charge is 0.371 e. The van der Waals surface area contributed by atoms with Gasteiger partial charge in [0, 0.05) is 18.6 Å². The molecule has 120 valence electrons. The minimum absolute atomic E-state index is 0.108. The van der Waals surface area contributed by atoms with Crippen molar-refractivity contribution in [2.24, 2.45) is 0 Å². The molecule has 1 amide bonds. The summed E-state index contributed by atoms with van der Waals surface area (Å²) in [4.78, 5) is 22.0. The molecule has 1 aromatic carbocycles. The van der Waals surface area contributed by atoms with Gasteiger partial charge in [-0.2, -0.15) is 0 Å². The number of ether oxygens (including phenoxy) is 1. The summed E-state index contributed by atoms with van der Waals surface area (Å²) in [6, 6.07) is 7.95. The molecule has 0 bridgehead atoms. The van der Waals surface area contributed by atoms with Crippen LogP contribution in [0, 0.1) is 0 Å². The second kappa shape index (κ2) is 6.93. The molecule has 0 atom stereocenters. The number of hydrogen-bond donors (Lipinski definition) is 3. The molecule has 2 aromatic rings. The molecule has 3 N–H and O–H groups in total. The number of carbonyl (C=O) groups is 2. The predicted molar refractivity (Wildman–Crippen MR) is 87.7 cm³/mol. The van der Waals surface area contributed by atoms with Gasteiger partial charge in [-0.3, -0.25) is 4.79 Å². The number of carboxylic acids is 1. The topological polar surface area (TPSA) is 101 Å². The molecule has 0 unspecified atom stereocenters. The average molecular weight is 334 g/mol. The lowest BCUT2D eigenvalue weighted by Crippen LogP contribution is -2.32. The number of benzene rings is 1. The van der Waals surface area contributed by atoms with E-state index in [2.05, 4.69) is 10.6 Å². The molecule has 8 heteroatoms. The van der Waals surface area contributed by atoms with E-state index in [4.69, 9.17) is 26.5 Å². The van der Waals surface area contributed by atoms with Crippen molar-refractivity contribution < 1.29 is 23.8 Å². The number of carbonyl (C=O) groups excluding carboxylic acids is 1. The number of aromatic carboxylic acids is 1. The molecule has 23 heavy (non-hydrogen) atoms. The van der Waals surface area contributed by atoms with Crippen LogP contribution >= 0.6 is 12.2 Å². The lowest BCUT2D eigenvalue weighted by atomic mass is 10.1. The average Bonchev–Trinajstić information content (AvgIpc) is 2.96. The van der Waals surface area contributed by atoms with Crippen molar-refractivity contribution in [1.29, 1.82) is 0 Å². The first kappa shape index (κ1) is 16.5. The Morgan fingerprint density at radius 2 is 2.00 bits per heavy atom. The highest BCUT2D eigenvalue weighted by Gasteiger charge is 2.15. The van der Waals surface area contributed by atoms with Gasteiger partial charge in [-0.15, -0.1) is 0 Å². The number of hydrogen-bond acceptors (Lipinski definition) is 5. The predicted octanol–water partition coefficient (Wildman–Crippen LogP) is 2.49. The minimum Gasteiger partial charge on any atom is -0.497 e. The zero-order chi connectivity index (χ0) is 17.0. The number of methoxy groups -OCH3 is 1. The highest BCUT2D eigenvalue weighted by atomic mass is 32.1. The van der Waals surface area contributed by atoms with E-state index in [1.807, 2.05) is 0 Å². The van der Waals surface area contributed by atoms with Crippen molar-refractivity contribution in [3.05, 3.63) is 36.1 Å². The summed E-state index contributed by atoms with van der Waals surface area (Å²) >= 11 is 5.04. The van der Waals surface area contributed by atoms with Gasteiger partial charge in [0.15, 0.2) is 5.11 Å². The summed E-state index contributed by atoms with van der Waals surface area (Å²) in [5, 5.41) is 14.4. The fraction of sp³-hybridized carbons (Fsp3) is 0.133. The third kappa shape index (κ3) is 4.07. The fourth-order valence-corrected chi connectivity index (χ4v) is 2.13. The SMILES string of the molecule is COc1ccc(-c2ccc(C(=O)O)o2)c(NC(=S)NC(C)=O)c1. The highest BCUT2D eigenvalue weighted by molar-refractivity contribution is 7.80. The molecule has 0 aliphatic rings. The molecule has 0 spiro atoms. The first-order chi connectivity index (χ1) is 10.9. The van der Waals surface area contributed by atoms with E-state index in [-0.39, 0.29) is 16.8 Å².